The molecule has 0 aliphatic carbocycles. The van der Waals surface area contributed by atoms with Crippen LogP contribution in [0.25, 0.3) is 10.9 Å². The predicted octanol–water partition coefficient (Wildman–Crippen LogP) is 2.50. The van der Waals surface area contributed by atoms with Gasteiger partial charge in [0.25, 0.3) is 0 Å². The molecule has 1 N–H and O–H groups in total. The molecule has 0 aliphatic heterocycles. The lowest BCUT2D eigenvalue weighted by atomic mass is 10.1. The van der Waals surface area contributed by atoms with E-state index in [4.69, 9.17) is 14.2 Å². The van der Waals surface area contributed by atoms with Crippen LogP contribution in [0.4, 0.5) is 0 Å². The Labute approximate surface area is 128 Å². The number of hydrogen-bond donors (Lipinski definition) is 1. The van der Waals surface area contributed by atoms with E-state index in [1.165, 1.54) is 6.20 Å². The van der Waals surface area contributed by atoms with Crippen LogP contribution < -0.4 is 14.9 Å². The number of pyridine rings is 1. The maximum absolute atomic E-state index is 12.5. The number of rotatable bonds is 6. The SMILES string of the molecule is CCOC(=O)c1c[nH]c2cc(OCC)c(OCC)cc2c1=O. The van der Waals surface area contributed by atoms with Crippen LogP contribution in [0.1, 0.15) is 31.1 Å². The van der Waals surface area contributed by atoms with E-state index in [0.717, 1.165) is 0 Å². The first kappa shape index (κ1) is 15.9. The summed E-state index contributed by atoms with van der Waals surface area (Å²) in [6.07, 6.45) is 1.36. The zero-order valence-electron chi connectivity index (χ0n) is 12.9. The minimum absolute atomic E-state index is 0.0269. The molecule has 22 heavy (non-hydrogen) atoms. The summed E-state index contributed by atoms with van der Waals surface area (Å²) in [5, 5.41) is 0.359. The standard InChI is InChI=1S/C16H19NO5/c1-4-20-13-7-10-12(8-14(13)21-5-2)17-9-11(15(10)18)16(19)22-6-3/h7-9H,4-6H2,1-3H3,(H,17,18). The number of ether oxygens (including phenoxy) is 3. The molecule has 0 bridgehead atoms. The lowest BCUT2D eigenvalue weighted by molar-refractivity contribution is 0.0524. The van der Waals surface area contributed by atoms with Gasteiger partial charge in [-0.15, -0.1) is 0 Å². The largest absolute Gasteiger partial charge is 0.490 e. The highest BCUT2D eigenvalue weighted by Crippen LogP contribution is 2.31. The van der Waals surface area contributed by atoms with Crippen LogP contribution in [0.15, 0.2) is 23.1 Å². The van der Waals surface area contributed by atoms with Gasteiger partial charge in [-0.3, -0.25) is 4.79 Å². The van der Waals surface area contributed by atoms with Gasteiger partial charge in [-0.25, -0.2) is 4.79 Å². The third-order valence-electron chi connectivity index (χ3n) is 3.04. The van der Waals surface area contributed by atoms with Crippen molar-refractivity contribution in [1.29, 1.82) is 0 Å². The molecule has 0 unspecified atom stereocenters. The van der Waals surface area contributed by atoms with Crippen molar-refractivity contribution in [3.05, 3.63) is 34.1 Å². The molecule has 1 aromatic carbocycles. The second-order valence-corrected chi connectivity index (χ2v) is 4.46. The smallest absolute Gasteiger partial charge is 0.343 e. The third-order valence-corrected chi connectivity index (χ3v) is 3.04. The molecule has 0 saturated carbocycles. The minimum atomic E-state index is -0.641. The fourth-order valence-corrected chi connectivity index (χ4v) is 2.12. The number of benzene rings is 1. The fraction of sp³-hybridized carbons (Fsp3) is 0.375. The van der Waals surface area contributed by atoms with E-state index >= 15 is 0 Å². The quantitative estimate of drug-likeness (QED) is 0.830. The number of aromatic nitrogens is 1. The fourth-order valence-electron chi connectivity index (χ4n) is 2.12. The molecule has 2 rings (SSSR count). The molecule has 118 valence electrons. The van der Waals surface area contributed by atoms with Gasteiger partial charge in [-0.2, -0.15) is 0 Å². The van der Waals surface area contributed by atoms with Crippen molar-refractivity contribution in [3.8, 4) is 11.5 Å². The summed E-state index contributed by atoms with van der Waals surface area (Å²) in [7, 11) is 0. The van der Waals surface area contributed by atoms with Crippen molar-refractivity contribution >= 4 is 16.9 Å². The zero-order chi connectivity index (χ0) is 16.1. The number of esters is 1. The molecule has 0 spiro atoms. The van der Waals surface area contributed by atoms with Crippen LogP contribution >= 0.6 is 0 Å². The molecule has 0 fully saturated rings. The summed E-state index contributed by atoms with van der Waals surface area (Å²) in [4.78, 5) is 27.2. The lowest BCUT2D eigenvalue weighted by Crippen LogP contribution is -2.18. The molecule has 0 saturated heterocycles. The molecule has 1 heterocycles. The van der Waals surface area contributed by atoms with E-state index in [9.17, 15) is 9.59 Å². The first-order valence-electron chi connectivity index (χ1n) is 7.24. The van der Waals surface area contributed by atoms with E-state index < -0.39 is 11.4 Å². The van der Waals surface area contributed by atoms with Gasteiger partial charge >= 0.3 is 5.97 Å². The molecular formula is C16H19NO5. The van der Waals surface area contributed by atoms with E-state index in [1.807, 2.05) is 13.8 Å². The van der Waals surface area contributed by atoms with E-state index in [1.54, 1.807) is 19.1 Å². The van der Waals surface area contributed by atoms with Gasteiger partial charge in [-0.1, -0.05) is 0 Å². The average Bonchev–Trinajstić information content (AvgIpc) is 2.49. The Morgan fingerprint density at radius 2 is 1.68 bits per heavy atom. The molecule has 6 heteroatoms. The summed E-state index contributed by atoms with van der Waals surface area (Å²) in [6, 6.07) is 3.28. The molecule has 2 aromatic rings. The normalized spacial score (nSPS) is 10.5. The Bertz CT molecular complexity index is 735. The zero-order valence-corrected chi connectivity index (χ0v) is 12.9. The highest BCUT2D eigenvalue weighted by Gasteiger charge is 2.16. The number of carbonyl (C=O) groups excluding carboxylic acids is 1. The average molecular weight is 305 g/mol. The minimum Gasteiger partial charge on any atom is -0.490 e. The van der Waals surface area contributed by atoms with Gasteiger partial charge < -0.3 is 19.2 Å². The Balaban J connectivity index is 2.61. The number of hydrogen-bond acceptors (Lipinski definition) is 5. The first-order valence-corrected chi connectivity index (χ1v) is 7.24. The Hall–Kier alpha value is -2.50. The van der Waals surface area contributed by atoms with Crippen molar-refractivity contribution < 1.29 is 19.0 Å². The number of H-pyrrole nitrogens is 1. The van der Waals surface area contributed by atoms with Gasteiger partial charge in [0, 0.05) is 12.3 Å². The second kappa shape index (κ2) is 6.98. The molecule has 6 nitrogen and oxygen atoms in total. The first-order chi connectivity index (χ1) is 10.6. The number of aromatic amines is 1. The topological polar surface area (TPSA) is 77.6 Å². The van der Waals surface area contributed by atoms with Gasteiger partial charge in [0.2, 0.25) is 5.43 Å². The van der Waals surface area contributed by atoms with Crippen LogP contribution in [0, 0.1) is 0 Å². The van der Waals surface area contributed by atoms with Crippen molar-refractivity contribution in [2.45, 2.75) is 20.8 Å². The van der Waals surface area contributed by atoms with Crippen LogP contribution in [0.2, 0.25) is 0 Å². The maximum Gasteiger partial charge on any atom is 0.343 e. The van der Waals surface area contributed by atoms with Crippen molar-refractivity contribution in [2.75, 3.05) is 19.8 Å². The number of fused-ring (bicyclic) bond motifs is 1. The van der Waals surface area contributed by atoms with Crippen molar-refractivity contribution in [1.82, 2.24) is 4.98 Å². The van der Waals surface area contributed by atoms with Crippen molar-refractivity contribution in [2.24, 2.45) is 0 Å². The molecule has 0 radical (unpaired) electrons. The predicted molar refractivity (Wildman–Crippen MR) is 82.9 cm³/mol. The highest BCUT2D eigenvalue weighted by atomic mass is 16.5. The second-order valence-electron chi connectivity index (χ2n) is 4.46. The molecule has 1 aromatic heterocycles. The van der Waals surface area contributed by atoms with E-state index in [0.29, 0.717) is 35.6 Å². The summed E-state index contributed by atoms with van der Waals surface area (Å²) < 4.78 is 15.9. The third kappa shape index (κ3) is 3.05. The van der Waals surface area contributed by atoms with Gasteiger partial charge in [0.1, 0.15) is 5.56 Å². The maximum atomic E-state index is 12.5. The van der Waals surface area contributed by atoms with Crippen LogP contribution in [0.3, 0.4) is 0 Å². The molecule has 0 amide bonds. The monoisotopic (exact) mass is 305 g/mol. The summed E-state index contributed by atoms with van der Waals surface area (Å²) >= 11 is 0. The van der Waals surface area contributed by atoms with Gasteiger partial charge in [0.05, 0.1) is 30.7 Å². The van der Waals surface area contributed by atoms with Gasteiger partial charge in [-0.05, 0) is 26.8 Å². The van der Waals surface area contributed by atoms with Crippen molar-refractivity contribution in [3.63, 3.8) is 0 Å². The van der Waals surface area contributed by atoms with E-state index in [2.05, 4.69) is 4.98 Å². The Morgan fingerprint density at radius 1 is 1.05 bits per heavy atom. The Kier molecular flexibility index (Phi) is 5.04. The van der Waals surface area contributed by atoms with Crippen LogP contribution in [-0.2, 0) is 4.74 Å². The van der Waals surface area contributed by atoms with E-state index in [-0.39, 0.29) is 12.2 Å². The molecule has 0 aliphatic rings. The van der Waals surface area contributed by atoms with Crippen LogP contribution in [0.5, 0.6) is 11.5 Å². The summed E-state index contributed by atoms with van der Waals surface area (Å²) in [5.41, 5.74) is 0.155. The van der Waals surface area contributed by atoms with Gasteiger partial charge in [0.15, 0.2) is 11.5 Å². The number of carbonyl (C=O) groups is 1. The Morgan fingerprint density at radius 3 is 2.27 bits per heavy atom. The highest BCUT2D eigenvalue weighted by molar-refractivity contribution is 5.94. The number of nitrogens with one attached hydrogen (secondary N) is 1. The van der Waals surface area contributed by atoms with Crippen LogP contribution in [-0.4, -0.2) is 30.8 Å². The molecular weight excluding hydrogens is 286 g/mol. The lowest BCUT2D eigenvalue weighted by Gasteiger charge is -2.12. The summed E-state index contributed by atoms with van der Waals surface area (Å²) in [6.45, 7) is 6.54. The summed E-state index contributed by atoms with van der Waals surface area (Å²) in [5.74, 6) is 0.386. The molecule has 0 atom stereocenters.